The summed E-state index contributed by atoms with van der Waals surface area (Å²) in [4.78, 5) is 0. The van der Waals surface area contributed by atoms with Gasteiger partial charge in [0.05, 0.1) is 0 Å². The van der Waals surface area contributed by atoms with Crippen molar-refractivity contribution in [1.82, 2.24) is 0 Å². The molecule has 0 aliphatic heterocycles. The highest BCUT2D eigenvalue weighted by atomic mass is 35.5. The molecule has 4 aliphatic rings. The van der Waals surface area contributed by atoms with E-state index in [1.54, 1.807) is 5.57 Å². The minimum absolute atomic E-state index is 0.396. The normalized spacial score (nSPS) is 46.5. The molecule has 0 radical (unpaired) electrons. The molecule has 0 amide bonds. The number of halogens is 1. The zero-order chi connectivity index (χ0) is 20.1. The van der Waals surface area contributed by atoms with Gasteiger partial charge in [0.1, 0.15) is 0 Å². The highest BCUT2D eigenvalue weighted by Crippen LogP contribution is 2.67. The summed E-state index contributed by atoms with van der Waals surface area (Å²) in [6, 6.07) is 0. The zero-order valence-electron chi connectivity index (χ0n) is 19.3. The van der Waals surface area contributed by atoms with Gasteiger partial charge in [-0.3, -0.25) is 0 Å². The Bertz CT molecular complexity index is 591. The minimum Gasteiger partial charge on any atom is -0.123 e. The van der Waals surface area contributed by atoms with Gasteiger partial charge >= 0.3 is 0 Å². The summed E-state index contributed by atoms with van der Waals surface area (Å²) in [5.41, 5.74) is 2.82. The molecule has 0 aromatic carbocycles. The Balaban J connectivity index is 1.49. The molecule has 0 spiro atoms. The van der Waals surface area contributed by atoms with Crippen molar-refractivity contribution >= 4 is 11.6 Å². The maximum atomic E-state index is 6.56. The molecule has 0 N–H and O–H groups in total. The van der Waals surface area contributed by atoms with E-state index in [0.29, 0.717) is 16.2 Å². The molecule has 0 aromatic rings. The lowest BCUT2D eigenvalue weighted by Crippen LogP contribution is -2.50. The molecular weight excluding hydrogens is 360 g/mol. The van der Waals surface area contributed by atoms with Crippen LogP contribution in [0.15, 0.2) is 11.6 Å². The molecule has 1 heteroatoms. The Morgan fingerprint density at radius 1 is 1.00 bits per heavy atom. The van der Waals surface area contributed by atoms with Gasteiger partial charge in [-0.2, -0.15) is 0 Å². The van der Waals surface area contributed by atoms with Crippen molar-refractivity contribution in [3.05, 3.63) is 11.6 Å². The van der Waals surface area contributed by atoms with Crippen LogP contribution in [0.5, 0.6) is 0 Å². The summed E-state index contributed by atoms with van der Waals surface area (Å²) >= 11 is 6.56. The fraction of sp³-hybridized carbons (Fsp3) is 0.926. The van der Waals surface area contributed by atoms with Crippen LogP contribution in [0.2, 0.25) is 0 Å². The molecule has 28 heavy (non-hydrogen) atoms. The van der Waals surface area contributed by atoms with E-state index in [-0.39, 0.29) is 0 Å². The largest absolute Gasteiger partial charge is 0.123 e. The second-order valence-corrected chi connectivity index (χ2v) is 12.7. The fourth-order valence-electron chi connectivity index (χ4n) is 8.64. The third-order valence-electron chi connectivity index (χ3n) is 10.2. The van der Waals surface area contributed by atoms with Crippen molar-refractivity contribution in [1.29, 1.82) is 0 Å². The van der Waals surface area contributed by atoms with E-state index in [0.717, 1.165) is 35.5 Å². The SMILES string of the molecule is CC(C)CCC[C@@H](C)[C@H]1CCC2[C@@H]3CC=C4C[C@@H](Cl)CC[C@]4(C)C3CC[C@@]21C. The Kier molecular flexibility index (Phi) is 6.03. The molecule has 0 aromatic heterocycles. The maximum Gasteiger partial charge on any atom is 0.0373 e. The second-order valence-electron chi connectivity index (χ2n) is 12.1. The first kappa shape index (κ1) is 21.3. The molecule has 0 nitrogen and oxygen atoms in total. The summed E-state index contributed by atoms with van der Waals surface area (Å²) in [6.45, 7) is 12.7. The second kappa shape index (κ2) is 7.94. The lowest BCUT2D eigenvalue weighted by atomic mass is 9.47. The van der Waals surface area contributed by atoms with Crippen LogP contribution in [0.4, 0.5) is 0 Å². The molecule has 4 rings (SSSR count). The third-order valence-corrected chi connectivity index (χ3v) is 10.6. The van der Waals surface area contributed by atoms with E-state index in [4.69, 9.17) is 11.6 Å². The van der Waals surface area contributed by atoms with Gasteiger partial charge in [-0.25, -0.2) is 0 Å². The Labute approximate surface area is 180 Å². The lowest BCUT2D eigenvalue weighted by Gasteiger charge is -2.58. The third kappa shape index (κ3) is 3.52. The molecule has 0 bridgehead atoms. The van der Waals surface area contributed by atoms with Crippen molar-refractivity contribution in [2.45, 2.75) is 111 Å². The number of rotatable bonds is 5. The number of allylic oxidation sites excluding steroid dienone is 2. The maximum absolute atomic E-state index is 6.56. The van der Waals surface area contributed by atoms with E-state index in [9.17, 15) is 0 Å². The van der Waals surface area contributed by atoms with Gasteiger partial charge in [0, 0.05) is 5.38 Å². The van der Waals surface area contributed by atoms with E-state index in [2.05, 4.69) is 40.7 Å². The van der Waals surface area contributed by atoms with Crippen LogP contribution in [0.1, 0.15) is 105 Å². The summed E-state index contributed by atoms with van der Waals surface area (Å²) in [6.07, 6.45) is 18.0. The van der Waals surface area contributed by atoms with Gasteiger partial charge in [0.15, 0.2) is 0 Å². The van der Waals surface area contributed by atoms with Crippen molar-refractivity contribution in [2.24, 2.45) is 46.3 Å². The molecule has 8 atom stereocenters. The van der Waals surface area contributed by atoms with Gasteiger partial charge < -0.3 is 0 Å². The predicted octanol–water partition coefficient (Wildman–Crippen LogP) is 8.64. The average molecular weight is 405 g/mol. The van der Waals surface area contributed by atoms with Gasteiger partial charge in [-0.05, 0) is 97.7 Å². The zero-order valence-corrected chi connectivity index (χ0v) is 20.0. The molecule has 0 saturated heterocycles. The van der Waals surface area contributed by atoms with Crippen molar-refractivity contribution in [3.8, 4) is 0 Å². The van der Waals surface area contributed by atoms with Gasteiger partial charge in [-0.1, -0.05) is 65.5 Å². The topological polar surface area (TPSA) is 0 Å². The van der Waals surface area contributed by atoms with Crippen LogP contribution >= 0.6 is 11.6 Å². The fourth-order valence-corrected chi connectivity index (χ4v) is 8.92. The molecule has 0 heterocycles. The summed E-state index contributed by atoms with van der Waals surface area (Å²) in [5, 5.41) is 0.396. The number of alkyl halides is 1. The van der Waals surface area contributed by atoms with Crippen LogP contribution in [-0.2, 0) is 0 Å². The van der Waals surface area contributed by atoms with Gasteiger partial charge in [0.25, 0.3) is 0 Å². The van der Waals surface area contributed by atoms with E-state index in [1.807, 2.05) is 0 Å². The summed E-state index contributed by atoms with van der Waals surface area (Å²) in [5.74, 6) is 5.62. The van der Waals surface area contributed by atoms with Crippen LogP contribution < -0.4 is 0 Å². The van der Waals surface area contributed by atoms with E-state index < -0.39 is 0 Å². The molecule has 3 saturated carbocycles. The molecular formula is C27H45Cl. The molecule has 4 aliphatic carbocycles. The number of hydrogen-bond acceptors (Lipinski definition) is 0. The first-order valence-electron chi connectivity index (χ1n) is 12.6. The quantitative estimate of drug-likeness (QED) is 0.317. The highest BCUT2D eigenvalue weighted by molar-refractivity contribution is 6.20. The smallest absolute Gasteiger partial charge is 0.0373 e. The van der Waals surface area contributed by atoms with Crippen LogP contribution in [0, 0.1) is 46.3 Å². The first-order chi connectivity index (χ1) is 13.3. The Hall–Kier alpha value is 0.0300. The first-order valence-corrected chi connectivity index (χ1v) is 13.0. The molecule has 3 fully saturated rings. The van der Waals surface area contributed by atoms with E-state index >= 15 is 0 Å². The number of hydrogen-bond donors (Lipinski definition) is 0. The predicted molar refractivity (Wildman–Crippen MR) is 123 cm³/mol. The lowest BCUT2D eigenvalue weighted by molar-refractivity contribution is -0.0498. The van der Waals surface area contributed by atoms with Crippen molar-refractivity contribution in [3.63, 3.8) is 0 Å². The number of fused-ring (bicyclic) bond motifs is 5. The van der Waals surface area contributed by atoms with E-state index in [1.165, 1.54) is 70.6 Å². The Morgan fingerprint density at radius 2 is 1.79 bits per heavy atom. The van der Waals surface area contributed by atoms with Crippen molar-refractivity contribution < 1.29 is 0 Å². The molecule has 2 unspecified atom stereocenters. The summed E-state index contributed by atoms with van der Waals surface area (Å²) in [7, 11) is 0. The van der Waals surface area contributed by atoms with Crippen LogP contribution in [-0.4, -0.2) is 5.38 Å². The standard InChI is InChI=1S/C27H45Cl/c1-18(2)7-6-8-19(3)23-11-12-24-22-10-9-20-17-21(28)13-15-26(20,4)25(22)14-16-27(23,24)5/h9,18-19,21-25H,6-8,10-17H2,1-5H3/t19-,21+,22+,23-,24?,25?,26+,27-/m1/s1. The van der Waals surface area contributed by atoms with Crippen molar-refractivity contribution in [2.75, 3.05) is 0 Å². The summed E-state index contributed by atoms with van der Waals surface area (Å²) < 4.78 is 0. The van der Waals surface area contributed by atoms with Gasteiger partial charge in [-0.15, -0.1) is 11.6 Å². The monoisotopic (exact) mass is 404 g/mol. The highest BCUT2D eigenvalue weighted by Gasteiger charge is 2.58. The van der Waals surface area contributed by atoms with Gasteiger partial charge in [0.2, 0.25) is 0 Å². The van der Waals surface area contributed by atoms with Crippen LogP contribution in [0.25, 0.3) is 0 Å². The minimum atomic E-state index is 0.396. The average Bonchev–Trinajstić information content (AvgIpc) is 2.99. The Morgan fingerprint density at radius 3 is 2.54 bits per heavy atom. The molecule has 160 valence electrons. The van der Waals surface area contributed by atoms with Crippen LogP contribution in [0.3, 0.4) is 0 Å².